The third kappa shape index (κ3) is 4.23. The summed E-state index contributed by atoms with van der Waals surface area (Å²) in [7, 11) is 8.17. The van der Waals surface area contributed by atoms with E-state index in [2.05, 4.69) is 70.5 Å². The summed E-state index contributed by atoms with van der Waals surface area (Å²) in [4.78, 5) is 8.91. The van der Waals surface area contributed by atoms with Crippen LogP contribution >= 0.6 is 0 Å². The molecule has 0 aliphatic carbocycles. The largest absolute Gasteiger partial charge is 0.465 e. The highest BCUT2D eigenvalue weighted by Gasteiger charge is 2.18. The fourth-order valence-corrected chi connectivity index (χ4v) is 3.46. The molecule has 0 N–H and O–H groups in total. The van der Waals surface area contributed by atoms with Crippen molar-refractivity contribution in [2.45, 2.75) is 6.10 Å². The van der Waals surface area contributed by atoms with E-state index in [9.17, 15) is 0 Å². The summed E-state index contributed by atoms with van der Waals surface area (Å²) < 4.78 is 6.46. The standard InChI is InChI=1S/C26H27N3O/c1-28(2)22-14-9-20(10-15-22)26(21-11-16-23(17-12-21)29(3)4)30-25-18-13-19-7-5-6-8-24(19)27-25/h5-18,26H,1-4H3. The second-order valence-corrected chi connectivity index (χ2v) is 7.81. The zero-order valence-corrected chi connectivity index (χ0v) is 17.9. The molecule has 4 heteroatoms. The Bertz CT molecular complexity index is 1070. The van der Waals surface area contributed by atoms with Crippen LogP contribution in [0.25, 0.3) is 10.9 Å². The molecule has 152 valence electrons. The van der Waals surface area contributed by atoms with E-state index in [1.54, 1.807) is 0 Å². The molecule has 0 fully saturated rings. The van der Waals surface area contributed by atoms with Crippen LogP contribution < -0.4 is 14.5 Å². The lowest BCUT2D eigenvalue weighted by Crippen LogP contribution is -2.13. The Kier molecular flexibility index (Phi) is 5.57. The summed E-state index contributed by atoms with van der Waals surface area (Å²) in [6.07, 6.45) is -0.244. The lowest BCUT2D eigenvalue weighted by atomic mass is 10.0. The first-order chi connectivity index (χ1) is 14.5. The number of ether oxygens (including phenoxy) is 1. The number of benzene rings is 3. The first-order valence-electron chi connectivity index (χ1n) is 10.1. The minimum absolute atomic E-state index is 0.244. The van der Waals surface area contributed by atoms with Crippen molar-refractivity contribution in [1.82, 2.24) is 4.98 Å². The molecule has 30 heavy (non-hydrogen) atoms. The van der Waals surface area contributed by atoms with Crippen LogP contribution in [0, 0.1) is 0 Å². The average Bonchev–Trinajstić information content (AvgIpc) is 2.77. The lowest BCUT2D eigenvalue weighted by molar-refractivity contribution is 0.238. The molecule has 0 aliphatic rings. The van der Waals surface area contributed by atoms with E-state index in [1.807, 2.05) is 52.5 Å². The van der Waals surface area contributed by atoms with Crippen molar-refractivity contribution < 1.29 is 4.74 Å². The Balaban J connectivity index is 1.71. The van der Waals surface area contributed by atoms with E-state index in [0.29, 0.717) is 5.88 Å². The fraction of sp³-hybridized carbons (Fsp3) is 0.192. The SMILES string of the molecule is CN(C)c1ccc(C(Oc2ccc3ccccc3n2)c2ccc(N(C)C)cc2)cc1. The highest BCUT2D eigenvalue weighted by atomic mass is 16.5. The Morgan fingerprint density at radius 1 is 0.633 bits per heavy atom. The summed E-state index contributed by atoms with van der Waals surface area (Å²) in [6.45, 7) is 0. The number of aromatic nitrogens is 1. The molecular formula is C26H27N3O. The minimum atomic E-state index is -0.244. The van der Waals surface area contributed by atoms with Crippen molar-refractivity contribution in [1.29, 1.82) is 0 Å². The Labute approximate surface area is 178 Å². The van der Waals surface area contributed by atoms with E-state index in [-0.39, 0.29) is 6.10 Å². The highest BCUT2D eigenvalue weighted by molar-refractivity contribution is 5.78. The van der Waals surface area contributed by atoms with Gasteiger partial charge in [0, 0.05) is 51.0 Å². The first kappa shape index (κ1) is 19.8. The molecule has 0 saturated carbocycles. The molecule has 0 aliphatic heterocycles. The maximum absolute atomic E-state index is 6.46. The molecule has 1 aromatic heterocycles. The van der Waals surface area contributed by atoms with Crippen LogP contribution in [-0.2, 0) is 0 Å². The van der Waals surface area contributed by atoms with Gasteiger partial charge in [-0.3, -0.25) is 0 Å². The number of anilines is 2. The molecule has 1 heterocycles. The summed E-state index contributed by atoms with van der Waals surface area (Å²) in [5, 5.41) is 1.10. The van der Waals surface area contributed by atoms with Crippen molar-refractivity contribution in [3.8, 4) is 5.88 Å². The number of fused-ring (bicyclic) bond motifs is 1. The van der Waals surface area contributed by atoms with Gasteiger partial charge in [-0.2, -0.15) is 0 Å². The van der Waals surface area contributed by atoms with Gasteiger partial charge in [0.1, 0.15) is 0 Å². The van der Waals surface area contributed by atoms with Gasteiger partial charge >= 0.3 is 0 Å². The van der Waals surface area contributed by atoms with Crippen molar-refractivity contribution in [3.63, 3.8) is 0 Å². The summed E-state index contributed by atoms with van der Waals surface area (Å²) >= 11 is 0. The number of rotatable bonds is 6. The Morgan fingerprint density at radius 2 is 1.17 bits per heavy atom. The van der Waals surface area contributed by atoms with Gasteiger partial charge in [-0.1, -0.05) is 42.5 Å². The molecule has 4 nitrogen and oxygen atoms in total. The van der Waals surface area contributed by atoms with Crippen LogP contribution in [0.15, 0.2) is 84.9 Å². The zero-order valence-electron chi connectivity index (χ0n) is 17.9. The summed E-state index contributed by atoms with van der Waals surface area (Å²) in [5.74, 6) is 0.618. The van der Waals surface area contributed by atoms with E-state index < -0.39 is 0 Å². The molecule has 0 bridgehead atoms. The van der Waals surface area contributed by atoms with Gasteiger partial charge in [0.2, 0.25) is 5.88 Å². The smallest absolute Gasteiger partial charge is 0.214 e. The molecule has 0 radical (unpaired) electrons. The quantitative estimate of drug-likeness (QED) is 0.427. The molecule has 0 amide bonds. The third-order valence-corrected chi connectivity index (χ3v) is 5.24. The Morgan fingerprint density at radius 3 is 1.70 bits per heavy atom. The van der Waals surface area contributed by atoms with Crippen LogP contribution in [0.1, 0.15) is 17.2 Å². The zero-order chi connectivity index (χ0) is 21.1. The van der Waals surface area contributed by atoms with Gasteiger partial charge in [0.15, 0.2) is 6.10 Å². The average molecular weight is 398 g/mol. The van der Waals surface area contributed by atoms with Crippen LogP contribution in [0.5, 0.6) is 5.88 Å². The fourth-order valence-electron chi connectivity index (χ4n) is 3.46. The van der Waals surface area contributed by atoms with Crippen LogP contribution in [-0.4, -0.2) is 33.2 Å². The second kappa shape index (κ2) is 8.46. The molecule has 0 saturated heterocycles. The van der Waals surface area contributed by atoms with Gasteiger partial charge in [0.25, 0.3) is 0 Å². The monoisotopic (exact) mass is 397 g/mol. The van der Waals surface area contributed by atoms with Gasteiger partial charge in [-0.15, -0.1) is 0 Å². The van der Waals surface area contributed by atoms with Crippen LogP contribution in [0.4, 0.5) is 11.4 Å². The van der Waals surface area contributed by atoms with Gasteiger partial charge < -0.3 is 14.5 Å². The van der Waals surface area contributed by atoms with Crippen LogP contribution in [0.3, 0.4) is 0 Å². The second-order valence-electron chi connectivity index (χ2n) is 7.81. The van der Waals surface area contributed by atoms with Gasteiger partial charge in [-0.05, 0) is 47.5 Å². The van der Waals surface area contributed by atoms with Gasteiger partial charge in [0.05, 0.1) is 5.52 Å². The molecule has 4 aromatic rings. The summed E-state index contributed by atoms with van der Waals surface area (Å²) in [5.41, 5.74) is 5.43. The van der Waals surface area contributed by atoms with E-state index in [0.717, 1.165) is 33.4 Å². The van der Waals surface area contributed by atoms with E-state index in [1.165, 1.54) is 0 Å². The molecule has 0 atom stereocenters. The number of pyridine rings is 1. The predicted molar refractivity (Wildman–Crippen MR) is 126 cm³/mol. The molecule has 0 spiro atoms. The van der Waals surface area contributed by atoms with E-state index in [4.69, 9.17) is 9.72 Å². The molecule has 0 unspecified atom stereocenters. The predicted octanol–water partition coefficient (Wildman–Crippen LogP) is 5.54. The number of para-hydroxylation sites is 1. The number of hydrogen-bond acceptors (Lipinski definition) is 4. The highest BCUT2D eigenvalue weighted by Crippen LogP contribution is 2.31. The minimum Gasteiger partial charge on any atom is -0.465 e. The maximum atomic E-state index is 6.46. The van der Waals surface area contributed by atoms with E-state index >= 15 is 0 Å². The van der Waals surface area contributed by atoms with Crippen molar-refractivity contribution in [2.75, 3.05) is 38.0 Å². The van der Waals surface area contributed by atoms with Crippen molar-refractivity contribution >= 4 is 22.3 Å². The molecule has 3 aromatic carbocycles. The van der Waals surface area contributed by atoms with Crippen molar-refractivity contribution in [3.05, 3.63) is 96.1 Å². The molecular weight excluding hydrogens is 370 g/mol. The first-order valence-corrected chi connectivity index (χ1v) is 10.1. The molecule has 4 rings (SSSR count). The van der Waals surface area contributed by atoms with Crippen LogP contribution in [0.2, 0.25) is 0 Å². The normalized spacial score (nSPS) is 11.0. The number of nitrogens with zero attached hydrogens (tertiary/aromatic N) is 3. The van der Waals surface area contributed by atoms with Crippen molar-refractivity contribution in [2.24, 2.45) is 0 Å². The Hall–Kier alpha value is -3.53. The number of hydrogen-bond donors (Lipinski definition) is 0. The lowest BCUT2D eigenvalue weighted by Gasteiger charge is -2.22. The summed E-state index contributed by atoms with van der Waals surface area (Å²) in [6, 6.07) is 29.1. The maximum Gasteiger partial charge on any atom is 0.214 e. The third-order valence-electron chi connectivity index (χ3n) is 5.24. The topological polar surface area (TPSA) is 28.6 Å². The van der Waals surface area contributed by atoms with Gasteiger partial charge in [-0.25, -0.2) is 4.98 Å².